The van der Waals surface area contributed by atoms with Gasteiger partial charge in [0, 0.05) is 18.7 Å². The van der Waals surface area contributed by atoms with E-state index in [0.717, 1.165) is 6.42 Å². The van der Waals surface area contributed by atoms with Gasteiger partial charge in [-0.2, -0.15) is 13.2 Å². The molecule has 1 aromatic carbocycles. The Balaban J connectivity index is 2.37. The molecular weight excluding hydrogens is 310 g/mol. The Morgan fingerprint density at radius 3 is 2.52 bits per heavy atom. The molecule has 2 nitrogen and oxygen atoms in total. The third kappa shape index (κ3) is 4.37. The highest BCUT2D eigenvalue weighted by Gasteiger charge is 2.36. The third-order valence-corrected chi connectivity index (χ3v) is 4.16. The molecule has 6 heteroatoms. The zero-order valence-corrected chi connectivity index (χ0v) is 13.7. The minimum atomic E-state index is -4.44. The molecule has 1 aromatic rings. The zero-order chi connectivity index (χ0) is 17.2. The van der Waals surface area contributed by atoms with Gasteiger partial charge < -0.3 is 4.74 Å². The second-order valence-electron chi connectivity index (χ2n) is 6.39. The lowest BCUT2D eigenvalue weighted by atomic mass is 9.93. The second kappa shape index (κ2) is 7.07. The highest BCUT2D eigenvalue weighted by molar-refractivity contribution is 5.47. The predicted octanol–water partition coefficient (Wildman–Crippen LogP) is 4.77. The van der Waals surface area contributed by atoms with Crippen LogP contribution < -0.4 is 4.74 Å². The van der Waals surface area contributed by atoms with Crippen molar-refractivity contribution in [3.63, 3.8) is 0 Å². The quantitative estimate of drug-likeness (QED) is 0.736. The molecule has 1 atom stereocenters. The highest BCUT2D eigenvalue weighted by atomic mass is 19.4. The van der Waals surface area contributed by atoms with Crippen LogP contribution in [0.1, 0.15) is 49.3 Å². The fraction of sp³-hybridized carbons (Fsp3) is 0.647. The minimum Gasteiger partial charge on any atom is -0.496 e. The van der Waals surface area contributed by atoms with Gasteiger partial charge in [-0.25, -0.2) is 4.39 Å². The molecule has 0 aromatic heterocycles. The predicted molar refractivity (Wildman–Crippen MR) is 81.5 cm³/mol. The molecule has 1 unspecified atom stereocenters. The van der Waals surface area contributed by atoms with Crippen molar-refractivity contribution in [3.8, 4) is 5.75 Å². The summed E-state index contributed by atoms with van der Waals surface area (Å²) in [6.07, 6.45) is -4.08. The summed E-state index contributed by atoms with van der Waals surface area (Å²) < 4.78 is 58.9. The Bertz CT molecular complexity index is 542. The third-order valence-electron chi connectivity index (χ3n) is 4.16. The number of hydrogen-bond acceptors (Lipinski definition) is 2. The number of likely N-dealkylation sites (tertiary alicyclic amines) is 1. The van der Waals surface area contributed by atoms with E-state index in [1.165, 1.54) is 13.2 Å². The maximum absolute atomic E-state index is 13.5. The fourth-order valence-corrected chi connectivity index (χ4v) is 3.17. The lowest BCUT2D eigenvalue weighted by Gasteiger charge is -2.29. The van der Waals surface area contributed by atoms with E-state index in [0.29, 0.717) is 25.1 Å². The molecule has 0 radical (unpaired) electrons. The Kier molecular flexibility index (Phi) is 5.55. The number of ether oxygens (including phenoxy) is 1. The van der Waals surface area contributed by atoms with Gasteiger partial charge in [0.2, 0.25) is 0 Å². The largest absolute Gasteiger partial charge is 0.496 e. The van der Waals surface area contributed by atoms with Crippen molar-refractivity contribution in [2.75, 3.05) is 20.2 Å². The van der Waals surface area contributed by atoms with E-state index in [1.807, 2.05) is 4.90 Å². The second-order valence-corrected chi connectivity index (χ2v) is 6.39. The van der Waals surface area contributed by atoms with Crippen molar-refractivity contribution in [3.05, 3.63) is 28.8 Å². The van der Waals surface area contributed by atoms with Gasteiger partial charge >= 0.3 is 6.18 Å². The van der Waals surface area contributed by atoms with Crippen LogP contribution in [0.3, 0.4) is 0 Å². The average Bonchev–Trinajstić information content (AvgIpc) is 2.45. The molecule has 0 bridgehead atoms. The van der Waals surface area contributed by atoms with Crippen LogP contribution in [0.25, 0.3) is 0 Å². The molecule has 0 N–H and O–H groups in total. The van der Waals surface area contributed by atoms with Crippen LogP contribution in [-0.4, -0.2) is 31.3 Å². The van der Waals surface area contributed by atoms with E-state index in [2.05, 4.69) is 0 Å². The van der Waals surface area contributed by atoms with Crippen molar-refractivity contribution in [2.24, 2.45) is 0 Å². The van der Waals surface area contributed by atoms with E-state index >= 15 is 0 Å². The maximum atomic E-state index is 13.5. The van der Waals surface area contributed by atoms with Gasteiger partial charge in [0.15, 0.2) is 0 Å². The monoisotopic (exact) mass is 333 g/mol. The van der Waals surface area contributed by atoms with Gasteiger partial charge in [-0.15, -0.1) is 0 Å². The first-order chi connectivity index (χ1) is 10.7. The van der Waals surface area contributed by atoms with Crippen molar-refractivity contribution in [2.45, 2.75) is 51.5 Å². The number of benzene rings is 1. The zero-order valence-electron chi connectivity index (χ0n) is 13.7. The van der Waals surface area contributed by atoms with E-state index < -0.39 is 17.9 Å². The number of methoxy groups -OCH3 is 1. The molecular formula is C17H23F4NO. The van der Waals surface area contributed by atoms with E-state index in [4.69, 9.17) is 4.74 Å². The molecule has 0 amide bonds. The maximum Gasteiger partial charge on any atom is 0.416 e. The van der Waals surface area contributed by atoms with Crippen LogP contribution in [0.5, 0.6) is 5.75 Å². The summed E-state index contributed by atoms with van der Waals surface area (Å²) in [5, 5.41) is 0. The number of hydrogen-bond donors (Lipinski definition) is 0. The van der Waals surface area contributed by atoms with Gasteiger partial charge in [0.25, 0.3) is 0 Å². The van der Waals surface area contributed by atoms with E-state index in [9.17, 15) is 17.6 Å². The Hall–Kier alpha value is -1.30. The first kappa shape index (κ1) is 18.0. The summed E-state index contributed by atoms with van der Waals surface area (Å²) in [5.74, 6) is -0.0560. The number of nitrogens with zero attached hydrogens (tertiary/aromatic N) is 1. The molecule has 23 heavy (non-hydrogen) atoms. The molecule has 0 aliphatic carbocycles. The first-order valence-electron chi connectivity index (χ1n) is 7.86. The summed E-state index contributed by atoms with van der Waals surface area (Å²) in [4.78, 5) is 1.86. The van der Waals surface area contributed by atoms with Crippen LogP contribution in [0.2, 0.25) is 0 Å². The number of piperidine rings is 1. The van der Waals surface area contributed by atoms with E-state index in [-0.39, 0.29) is 23.8 Å². The van der Waals surface area contributed by atoms with Gasteiger partial charge in [0.05, 0.1) is 12.7 Å². The van der Waals surface area contributed by atoms with Crippen LogP contribution in [-0.2, 0) is 12.7 Å². The lowest BCUT2D eigenvalue weighted by Crippen LogP contribution is -2.35. The molecule has 1 saturated heterocycles. The van der Waals surface area contributed by atoms with Crippen molar-refractivity contribution < 1.29 is 22.3 Å². The van der Waals surface area contributed by atoms with Crippen LogP contribution in [0, 0.1) is 0 Å². The van der Waals surface area contributed by atoms with E-state index in [1.54, 1.807) is 19.9 Å². The molecule has 0 saturated carbocycles. The summed E-state index contributed by atoms with van der Waals surface area (Å²) in [7, 11) is 1.38. The number of alkyl halides is 4. The number of rotatable bonds is 4. The summed E-state index contributed by atoms with van der Waals surface area (Å²) in [6, 6.07) is 2.83. The SMILES string of the molecule is COc1cc(CN2CCCC(F)C2)cc(C(F)(F)F)c1C(C)C. The van der Waals surface area contributed by atoms with Crippen molar-refractivity contribution in [1.82, 2.24) is 4.90 Å². The smallest absolute Gasteiger partial charge is 0.416 e. The summed E-state index contributed by atoms with van der Waals surface area (Å²) >= 11 is 0. The molecule has 1 aliphatic heterocycles. The highest BCUT2D eigenvalue weighted by Crippen LogP contribution is 2.41. The molecule has 130 valence electrons. The Labute approximate surface area is 134 Å². The standard InChI is InChI=1S/C17H23F4NO/c1-11(2)16-14(17(19,20)21)7-12(8-15(16)23-3)9-22-6-4-5-13(18)10-22/h7-8,11,13H,4-6,9-10H2,1-3H3. The van der Waals surface area contributed by atoms with Gasteiger partial charge in [-0.3, -0.25) is 4.90 Å². The minimum absolute atomic E-state index is 0.172. The molecule has 1 fully saturated rings. The average molecular weight is 333 g/mol. The summed E-state index contributed by atoms with van der Waals surface area (Å²) in [6.45, 7) is 4.71. The topological polar surface area (TPSA) is 12.5 Å². The molecule has 1 aliphatic rings. The van der Waals surface area contributed by atoms with Crippen LogP contribution in [0.4, 0.5) is 17.6 Å². The van der Waals surface area contributed by atoms with Crippen LogP contribution >= 0.6 is 0 Å². The summed E-state index contributed by atoms with van der Waals surface area (Å²) in [5.41, 5.74) is 0.0223. The fourth-order valence-electron chi connectivity index (χ4n) is 3.17. The molecule has 0 spiro atoms. The number of halogens is 4. The Morgan fingerprint density at radius 1 is 1.30 bits per heavy atom. The normalized spacial score (nSPS) is 20.1. The van der Waals surface area contributed by atoms with Crippen LogP contribution in [0.15, 0.2) is 12.1 Å². The lowest BCUT2D eigenvalue weighted by molar-refractivity contribution is -0.138. The molecule has 1 heterocycles. The first-order valence-corrected chi connectivity index (χ1v) is 7.86. The van der Waals surface area contributed by atoms with Gasteiger partial charge in [-0.1, -0.05) is 13.8 Å². The van der Waals surface area contributed by atoms with Crippen molar-refractivity contribution in [1.29, 1.82) is 0 Å². The Morgan fingerprint density at radius 2 is 2.00 bits per heavy atom. The van der Waals surface area contributed by atoms with Gasteiger partial charge in [-0.05, 0) is 43.0 Å². The van der Waals surface area contributed by atoms with Crippen molar-refractivity contribution >= 4 is 0 Å². The van der Waals surface area contributed by atoms with Gasteiger partial charge in [0.1, 0.15) is 11.9 Å². The molecule has 2 rings (SSSR count).